The lowest BCUT2D eigenvalue weighted by atomic mass is 10.2. The summed E-state index contributed by atoms with van der Waals surface area (Å²) in [5.74, 6) is 5.60. The zero-order valence-corrected chi connectivity index (χ0v) is 10.5. The van der Waals surface area contributed by atoms with Crippen molar-refractivity contribution in [1.82, 2.24) is 0 Å². The van der Waals surface area contributed by atoms with E-state index in [0.717, 1.165) is 5.56 Å². The summed E-state index contributed by atoms with van der Waals surface area (Å²) in [5.41, 5.74) is 1.15. The Bertz CT molecular complexity index is 364. The first-order valence-corrected chi connectivity index (χ1v) is 6.22. The van der Waals surface area contributed by atoms with E-state index in [2.05, 4.69) is 11.8 Å². The Morgan fingerprint density at radius 2 is 2.00 bits per heavy atom. The van der Waals surface area contributed by atoms with Crippen LogP contribution in [0.15, 0.2) is 30.3 Å². The van der Waals surface area contributed by atoms with Crippen molar-refractivity contribution in [2.75, 3.05) is 13.2 Å². The van der Waals surface area contributed by atoms with Gasteiger partial charge in [0.15, 0.2) is 0 Å². The normalized spacial score (nSPS) is 11.7. The lowest BCUT2D eigenvalue weighted by Crippen LogP contribution is -2.03. The van der Waals surface area contributed by atoms with Crippen molar-refractivity contribution in [3.8, 4) is 11.8 Å². The molecule has 0 heterocycles. The van der Waals surface area contributed by atoms with E-state index in [4.69, 9.17) is 9.84 Å². The highest BCUT2D eigenvalue weighted by Gasteiger charge is 1.96. The molecule has 98 valence electrons. The lowest BCUT2D eigenvalue weighted by molar-refractivity contribution is 0.126. The third kappa shape index (κ3) is 7.08. The molecule has 0 radical (unpaired) electrons. The highest BCUT2D eigenvalue weighted by Crippen LogP contribution is 2.00. The van der Waals surface area contributed by atoms with Gasteiger partial charge in [-0.3, -0.25) is 0 Å². The van der Waals surface area contributed by atoms with E-state index < -0.39 is 6.10 Å². The van der Waals surface area contributed by atoms with E-state index in [1.54, 1.807) is 0 Å². The van der Waals surface area contributed by atoms with Gasteiger partial charge in [-0.05, 0) is 18.4 Å². The van der Waals surface area contributed by atoms with Gasteiger partial charge in [0.1, 0.15) is 6.10 Å². The number of hydrogen-bond acceptors (Lipinski definition) is 3. The molecule has 1 atom stereocenters. The Kier molecular flexibility index (Phi) is 7.90. The highest BCUT2D eigenvalue weighted by atomic mass is 16.5. The second-order valence-corrected chi connectivity index (χ2v) is 3.99. The van der Waals surface area contributed by atoms with Crippen LogP contribution in [-0.4, -0.2) is 29.5 Å². The predicted octanol–water partition coefficient (Wildman–Crippen LogP) is 1.73. The summed E-state index contributed by atoms with van der Waals surface area (Å²) in [6.07, 6.45) is 1.09. The van der Waals surface area contributed by atoms with Crippen LogP contribution in [0, 0.1) is 11.8 Å². The SMILES string of the molecule is OCCC[C@@H](O)C#CCCOCc1ccccc1. The van der Waals surface area contributed by atoms with E-state index >= 15 is 0 Å². The fourth-order valence-corrected chi connectivity index (χ4v) is 1.43. The monoisotopic (exact) mass is 248 g/mol. The van der Waals surface area contributed by atoms with Crippen molar-refractivity contribution in [2.24, 2.45) is 0 Å². The Labute approximate surface area is 108 Å². The first-order chi connectivity index (χ1) is 8.83. The Morgan fingerprint density at radius 1 is 1.22 bits per heavy atom. The van der Waals surface area contributed by atoms with Crippen LogP contribution < -0.4 is 0 Å². The molecule has 0 saturated heterocycles. The van der Waals surface area contributed by atoms with Crippen LogP contribution in [0.25, 0.3) is 0 Å². The summed E-state index contributed by atoms with van der Waals surface area (Å²) in [7, 11) is 0. The molecule has 3 heteroatoms. The van der Waals surface area contributed by atoms with Crippen LogP contribution in [0.2, 0.25) is 0 Å². The molecule has 18 heavy (non-hydrogen) atoms. The van der Waals surface area contributed by atoms with Crippen molar-refractivity contribution in [1.29, 1.82) is 0 Å². The molecular weight excluding hydrogens is 228 g/mol. The molecule has 0 bridgehead atoms. The first-order valence-electron chi connectivity index (χ1n) is 6.22. The Balaban J connectivity index is 2.06. The quantitative estimate of drug-likeness (QED) is 0.570. The highest BCUT2D eigenvalue weighted by molar-refractivity contribution is 5.13. The Morgan fingerprint density at radius 3 is 2.72 bits per heavy atom. The van der Waals surface area contributed by atoms with Crippen molar-refractivity contribution in [3.63, 3.8) is 0 Å². The molecule has 0 amide bonds. The average molecular weight is 248 g/mol. The second-order valence-electron chi connectivity index (χ2n) is 3.99. The second kappa shape index (κ2) is 9.67. The Hall–Kier alpha value is -1.34. The topological polar surface area (TPSA) is 49.7 Å². The fourth-order valence-electron chi connectivity index (χ4n) is 1.43. The summed E-state index contributed by atoms with van der Waals surface area (Å²) in [6.45, 7) is 1.25. The molecular formula is C15H20O3. The maximum absolute atomic E-state index is 9.39. The maximum atomic E-state index is 9.39. The van der Waals surface area contributed by atoms with Crippen LogP contribution >= 0.6 is 0 Å². The van der Waals surface area contributed by atoms with Crippen LogP contribution in [0.1, 0.15) is 24.8 Å². The zero-order valence-electron chi connectivity index (χ0n) is 10.5. The number of benzene rings is 1. The standard InChI is InChI=1S/C15H20O3/c16-11-6-10-15(17)9-4-5-12-18-13-14-7-2-1-3-8-14/h1-3,7-8,15-17H,5-6,10-13H2/t15-/m0/s1. The minimum Gasteiger partial charge on any atom is -0.396 e. The molecule has 2 N–H and O–H groups in total. The van der Waals surface area contributed by atoms with Gasteiger partial charge in [0.25, 0.3) is 0 Å². The smallest absolute Gasteiger partial charge is 0.114 e. The minimum absolute atomic E-state index is 0.0962. The average Bonchev–Trinajstić information content (AvgIpc) is 2.41. The number of aliphatic hydroxyl groups excluding tert-OH is 2. The van der Waals surface area contributed by atoms with E-state index in [9.17, 15) is 5.11 Å². The molecule has 3 nitrogen and oxygen atoms in total. The number of ether oxygens (including phenoxy) is 1. The molecule has 0 aliphatic carbocycles. The van der Waals surface area contributed by atoms with Gasteiger partial charge in [0.2, 0.25) is 0 Å². The summed E-state index contributed by atoms with van der Waals surface area (Å²) in [5, 5.41) is 18.0. The predicted molar refractivity (Wildman–Crippen MR) is 70.8 cm³/mol. The molecule has 1 aromatic carbocycles. The molecule has 0 fully saturated rings. The number of aliphatic hydroxyl groups is 2. The van der Waals surface area contributed by atoms with Gasteiger partial charge >= 0.3 is 0 Å². The van der Waals surface area contributed by atoms with E-state index in [-0.39, 0.29) is 6.61 Å². The molecule has 1 aromatic rings. The van der Waals surface area contributed by atoms with Gasteiger partial charge < -0.3 is 14.9 Å². The summed E-state index contributed by atoms with van der Waals surface area (Å²) >= 11 is 0. The van der Waals surface area contributed by atoms with Gasteiger partial charge in [0, 0.05) is 13.0 Å². The summed E-state index contributed by atoms with van der Waals surface area (Å²) in [4.78, 5) is 0. The summed E-state index contributed by atoms with van der Waals surface area (Å²) < 4.78 is 5.46. The molecule has 0 unspecified atom stereocenters. The van der Waals surface area contributed by atoms with Crippen LogP contribution in [-0.2, 0) is 11.3 Å². The third-order valence-corrected chi connectivity index (χ3v) is 2.39. The van der Waals surface area contributed by atoms with Crippen LogP contribution in [0.5, 0.6) is 0 Å². The largest absolute Gasteiger partial charge is 0.396 e. The van der Waals surface area contributed by atoms with E-state index in [0.29, 0.717) is 32.5 Å². The van der Waals surface area contributed by atoms with Gasteiger partial charge in [-0.25, -0.2) is 0 Å². The number of rotatable bonds is 7. The van der Waals surface area contributed by atoms with Gasteiger partial charge in [-0.15, -0.1) is 0 Å². The molecule has 0 aliphatic rings. The molecule has 0 spiro atoms. The molecule has 0 aromatic heterocycles. The van der Waals surface area contributed by atoms with Crippen LogP contribution in [0.4, 0.5) is 0 Å². The minimum atomic E-state index is -0.633. The molecule has 1 rings (SSSR count). The van der Waals surface area contributed by atoms with E-state index in [1.807, 2.05) is 30.3 Å². The molecule has 0 saturated carbocycles. The van der Waals surface area contributed by atoms with Gasteiger partial charge in [0.05, 0.1) is 13.2 Å². The zero-order chi connectivity index (χ0) is 13.1. The van der Waals surface area contributed by atoms with Gasteiger partial charge in [-0.1, -0.05) is 42.2 Å². The third-order valence-electron chi connectivity index (χ3n) is 2.39. The summed E-state index contributed by atoms with van der Waals surface area (Å²) in [6, 6.07) is 9.98. The van der Waals surface area contributed by atoms with Gasteiger partial charge in [-0.2, -0.15) is 0 Å². The first kappa shape index (κ1) is 14.7. The van der Waals surface area contributed by atoms with Crippen molar-refractivity contribution >= 4 is 0 Å². The van der Waals surface area contributed by atoms with Crippen molar-refractivity contribution in [3.05, 3.63) is 35.9 Å². The lowest BCUT2D eigenvalue weighted by Gasteiger charge is -2.02. The maximum Gasteiger partial charge on any atom is 0.114 e. The molecule has 0 aliphatic heterocycles. The van der Waals surface area contributed by atoms with Crippen molar-refractivity contribution < 1.29 is 14.9 Å². The number of hydrogen-bond donors (Lipinski definition) is 2. The van der Waals surface area contributed by atoms with E-state index in [1.165, 1.54) is 0 Å². The fraction of sp³-hybridized carbons (Fsp3) is 0.467. The van der Waals surface area contributed by atoms with Crippen molar-refractivity contribution in [2.45, 2.75) is 32.0 Å². The van der Waals surface area contributed by atoms with Crippen LogP contribution in [0.3, 0.4) is 0 Å².